The maximum absolute atomic E-state index is 2.55. The molecule has 2 aliphatic rings. The monoisotopic (exact) mass is 747 g/mol. The second kappa shape index (κ2) is 12.4. The van der Waals surface area contributed by atoms with E-state index < -0.39 is 13.5 Å². The lowest BCUT2D eigenvalue weighted by atomic mass is 9.69. The van der Waals surface area contributed by atoms with Crippen molar-refractivity contribution in [2.45, 2.75) is 44.8 Å². The van der Waals surface area contributed by atoms with Crippen LogP contribution in [0.15, 0.2) is 176 Å². The molecule has 1 spiro atoms. The molecule has 9 aromatic carbocycles. The molecule has 274 valence electrons. The van der Waals surface area contributed by atoms with Gasteiger partial charge in [-0.05, 0) is 137 Å². The topological polar surface area (TPSA) is 3.24 Å². The van der Waals surface area contributed by atoms with Crippen molar-refractivity contribution in [1.29, 1.82) is 0 Å². The summed E-state index contributed by atoms with van der Waals surface area (Å²) < 4.78 is 0. The minimum absolute atomic E-state index is 0.468. The molecule has 0 aromatic heterocycles. The van der Waals surface area contributed by atoms with E-state index in [1.807, 2.05) is 0 Å². The van der Waals surface area contributed by atoms with Crippen molar-refractivity contribution in [1.82, 2.24) is 0 Å². The van der Waals surface area contributed by atoms with Gasteiger partial charge in [0.05, 0.1) is 13.5 Å². The summed E-state index contributed by atoms with van der Waals surface area (Å²) in [5, 5.41) is 9.24. The number of rotatable bonds is 5. The molecule has 0 atom stereocenters. The normalized spacial score (nSPS) is 13.6. The summed E-state index contributed by atoms with van der Waals surface area (Å²) in [4.78, 5) is 2.44. The lowest BCUT2D eigenvalue weighted by molar-refractivity contribution is 0.803. The van der Waals surface area contributed by atoms with Gasteiger partial charge in [0, 0.05) is 17.1 Å². The van der Waals surface area contributed by atoms with Gasteiger partial charge < -0.3 is 4.90 Å². The SMILES string of the molecule is CC(C)c1ccc(N(c2ccc([Si](C)(C)C)cc2)c2ccc3cc4c(cc3c2)C2(c3ccccc3-c3ccccc32)c2c-4c3ccccc3c3ccccc23)cc1. The maximum atomic E-state index is 2.55. The minimum atomic E-state index is -1.46. The van der Waals surface area contributed by atoms with E-state index in [0.29, 0.717) is 5.92 Å². The van der Waals surface area contributed by atoms with Crippen LogP contribution in [-0.4, -0.2) is 8.07 Å². The molecule has 0 unspecified atom stereocenters. The van der Waals surface area contributed by atoms with E-state index in [1.54, 1.807) is 0 Å². The molecular weight excluding hydrogens is 703 g/mol. The van der Waals surface area contributed by atoms with Gasteiger partial charge in [0.25, 0.3) is 0 Å². The van der Waals surface area contributed by atoms with Crippen molar-refractivity contribution in [2.24, 2.45) is 0 Å². The highest BCUT2D eigenvalue weighted by Crippen LogP contribution is 2.65. The predicted molar refractivity (Wildman–Crippen MR) is 247 cm³/mol. The van der Waals surface area contributed by atoms with E-state index in [4.69, 9.17) is 0 Å². The predicted octanol–water partition coefficient (Wildman–Crippen LogP) is 14.6. The molecule has 0 bridgehead atoms. The van der Waals surface area contributed by atoms with E-state index in [2.05, 4.69) is 214 Å². The molecule has 2 aliphatic carbocycles. The van der Waals surface area contributed by atoms with Gasteiger partial charge in [0.2, 0.25) is 0 Å². The van der Waals surface area contributed by atoms with Gasteiger partial charge in [0.1, 0.15) is 0 Å². The smallest absolute Gasteiger partial charge is 0.0775 e. The molecule has 0 saturated carbocycles. The fraction of sp³-hybridized carbons (Fsp3) is 0.127. The third kappa shape index (κ3) is 4.87. The zero-order valence-corrected chi connectivity index (χ0v) is 34.3. The molecule has 0 N–H and O–H groups in total. The Morgan fingerprint density at radius 2 is 0.965 bits per heavy atom. The summed E-state index contributed by atoms with van der Waals surface area (Å²) in [6.45, 7) is 11.8. The summed E-state index contributed by atoms with van der Waals surface area (Å²) in [5.74, 6) is 0.475. The van der Waals surface area contributed by atoms with E-state index in [0.717, 1.165) is 5.69 Å². The first kappa shape index (κ1) is 34.1. The maximum Gasteiger partial charge on any atom is 0.0775 e. The molecule has 0 saturated heterocycles. The Hall–Kier alpha value is -6.22. The van der Waals surface area contributed by atoms with Crippen LogP contribution < -0.4 is 10.1 Å². The summed E-state index contributed by atoms with van der Waals surface area (Å²) in [5.41, 5.74) is 15.3. The van der Waals surface area contributed by atoms with Crippen LogP contribution in [0.25, 0.3) is 54.6 Å². The Morgan fingerprint density at radius 3 is 1.58 bits per heavy atom. The quantitative estimate of drug-likeness (QED) is 0.125. The van der Waals surface area contributed by atoms with Crippen LogP contribution in [0.2, 0.25) is 19.6 Å². The van der Waals surface area contributed by atoms with Gasteiger partial charge in [-0.2, -0.15) is 0 Å². The minimum Gasteiger partial charge on any atom is -0.310 e. The van der Waals surface area contributed by atoms with Gasteiger partial charge in [-0.25, -0.2) is 0 Å². The van der Waals surface area contributed by atoms with Crippen LogP contribution >= 0.6 is 0 Å². The highest BCUT2D eigenvalue weighted by molar-refractivity contribution is 6.88. The third-order valence-electron chi connectivity index (χ3n) is 13.0. The largest absolute Gasteiger partial charge is 0.310 e. The van der Waals surface area contributed by atoms with E-state index in [1.165, 1.54) is 98.9 Å². The van der Waals surface area contributed by atoms with E-state index >= 15 is 0 Å². The van der Waals surface area contributed by atoms with Crippen molar-refractivity contribution in [3.8, 4) is 22.3 Å². The molecule has 1 nitrogen and oxygen atoms in total. The van der Waals surface area contributed by atoms with Crippen molar-refractivity contribution in [2.75, 3.05) is 4.90 Å². The molecular formula is C55H45NSi. The second-order valence-corrected chi connectivity index (χ2v) is 22.6. The summed E-state index contributed by atoms with van der Waals surface area (Å²) in [7, 11) is -1.46. The first-order valence-corrected chi connectivity index (χ1v) is 24.0. The molecule has 0 heterocycles. The first-order chi connectivity index (χ1) is 27.7. The Balaban J connectivity index is 1.21. The van der Waals surface area contributed by atoms with Crippen molar-refractivity contribution < 1.29 is 0 Å². The fourth-order valence-electron chi connectivity index (χ4n) is 10.2. The van der Waals surface area contributed by atoms with Gasteiger partial charge in [-0.1, -0.05) is 166 Å². The van der Waals surface area contributed by atoms with Crippen molar-refractivity contribution in [3.05, 3.63) is 204 Å². The Labute approximate surface area is 336 Å². The molecule has 0 fully saturated rings. The third-order valence-corrected chi connectivity index (χ3v) is 15.0. The summed E-state index contributed by atoms with van der Waals surface area (Å²) in [6.07, 6.45) is 0. The zero-order valence-electron chi connectivity index (χ0n) is 33.3. The molecule has 9 aromatic rings. The lowest BCUT2D eigenvalue weighted by Gasteiger charge is -2.32. The number of fused-ring (bicyclic) bond motifs is 16. The average Bonchev–Trinajstić information content (AvgIpc) is 3.70. The zero-order chi connectivity index (χ0) is 38.6. The van der Waals surface area contributed by atoms with Crippen molar-refractivity contribution in [3.63, 3.8) is 0 Å². The summed E-state index contributed by atoms with van der Waals surface area (Å²) in [6, 6.07) is 67.2. The Morgan fingerprint density at radius 1 is 0.439 bits per heavy atom. The van der Waals surface area contributed by atoms with Crippen LogP contribution in [0.3, 0.4) is 0 Å². The standard InChI is InChI=1S/C55H45NSi/c1-35(2)36-22-25-39(26-23-36)56(40-28-30-42(31-29-40)57(3,4)5)41-27-24-37-33-49-52(34-38(37)32-41)55(50-20-12-10-16-45(50)46-17-11-13-21-51(46)55)54-48-19-9-7-15-44(48)43-14-6-8-18-47(43)53(49)54/h6-35H,1-5H3. The van der Waals surface area contributed by atoms with Gasteiger partial charge in [-0.3, -0.25) is 0 Å². The fourth-order valence-corrected chi connectivity index (χ4v) is 11.4. The van der Waals surface area contributed by atoms with Crippen LogP contribution in [0, 0.1) is 0 Å². The molecule has 11 rings (SSSR count). The first-order valence-electron chi connectivity index (χ1n) is 20.5. The van der Waals surface area contributed by atoms with Crippen LogP contribution in [0.1, 0.15) is 47.6 Å². The highest BCUT2D eigenvalue weighted by atomic mass is 28.3. The second-order valence-electron chi connectivity index (χ2n) is 17.5. The molecule has 0 amide bonds. The highest BCUT2D eigenvalue weighted by Gasteiger charge is 2.53. The molecule has 2 heteroatoms. The average molecular weight is 748 g/mol. The number of nitrogens with zero attached hydrogens (tertiary/aromatic N) is 1. The van der Waals surface area contributed by atoms with Gasteiger partial charge in [-0.15, -0.1) is 0 Å². The molecule has 57 heavy (non-hydrogen) atoms. The van der Waals surface area contributed by atoms with E-state index in [-0.39, 0.29) is 0 Å². The van der Waals surface area contributed by atoms with Gasteiger partial charge in [0.15, 0.2) is 0 Å². The van der Waals surface area contributed by atoms with Crippen LogP contribution in [0.5, 0.6) is 0 Å². The van der Waals surface area contributed by atoms with Crippen LogP contribution in [-0.2, 0) is 5.41 Å². The molecule has 0 aliphatic heterocycles. The lowest BCUT2D eigenvalue weighted by Crippen LogP contribution is -2.37. The Kier molecular flexibility index (Phi) is 7.40. The number of hydrogen-bond acceptors (Lipinski definition) is 1. The van der Waals surface area contributed by atoms with Crippen molar-refractivity contribution >= 4 is 62.6 Å². The summed E-state index contributed by atoms with van der Waals surface area (Å²) >= 11 is 0. The number of hydrogen-bond donors (Lipinski definition) is 0. The number of anilines is 3. The van der Waals surface area contributed by atoms with Crippen LogP contribution in [0.4, 0.5) is 17.1 Å². The molecule has 0 radical (unpaired) electrons. The van der Waals surface area contributed by atoms with Gasteiger partial charge >= 0.3 is 0 Å². The van der Waals surface area contributed by atoms with E-state index in [9.17, 15) is 0 Å². The Bertz CT molecular complexity index is 3030. The number of benzene rings is 9.